The largest absolute Gasteiger partial charge is 0.465 e. The standard InChI is InChI=1S/C15H17N3O/c1-11-6-7-13(19-11)9-16-10-14-12(2)17-15-5-3-4-8-18(14)15/h3-8,16H,9-10H2,1-2H3. The van der Waals surface area contributed by atoms with Crippen molar-refractivity contribution in [1.29, 1.82) is 0 Å². The molecule has 3 heterocycles. The van der Waals surface area contributed by atoms with Crippen LogP contribution < -0.4 is 5.32 Å². The Bertz CT molecular complexity index is 696. The number of imidazole rings is 1. The molecule has 0 bridgehead atoms. The normalized spacial score (nSPS) is 11.3. The summed E-state index contributed by atoms with van der Waals surface area (Å²) in [5.74, 6) is 1.91. The second-order valence-electron chi connectivity index (χ2n) is 4.69. The molecule has 0 saturated carbocycles. The van der Waals surface area contributed by atoms with Gasteiger partial charge in [-0.2, -0.15) is 0 Å². The Morgan fingerprint density at radius 3 is 2.84 bits per heavy atom. The maximum atomic E-state index is 5.54. The summed E-state index contributed by atoms with van der Waals surface area (Å²) in [6, 6.07) is 10.0. The topological polar surface area (TPSA) is 42.5 Å². The summed E-state index contributed by atoms with van der Waals surface area (Å²) in [6.45, 7) is 5.50. The number of hydrogen-bond donors (Lipinski definition) is 1. The molecule has 0 amide bonds. The molecule has 19 heavy (non-hydrogen) atoms. The molecule has 0 spiro atoms. The van der Waals surface area contributed by atoms with Crippen LogP contribution in [0, 0.1) is 13.8 Å². The monoisotopic (exact) mass is 255 g/mol. The van der Waals surface area contributed by atoms with Crippen molar-refractivity contribution in [1.82, 2.24) is 14.7 Å². The third-order valence-corrected chi connectivity index (χ3v) is 3.22. The van der Waals surface area contributed by atoms with Gasteiger partial charge in [-0.1, -0.05) is 6.07 Å². The van der Waals surface area contributed by atoms with Crippen molar-refractivity contribution < 1.29 is 4.42 Å². The zero-order valence-corrected chi connectivity index (χ0v) is 11.2. The van der Waals surface area contributed by atoms with E-state index in [9.17, 15) is 0 Å². The van der Waals surface area contributed by atoms with Crippen molar-refractivity contribution in [3.05, 3.63) is 59.4 Å². The lowest BCUT2D eigenvalue weighted by molar-refractivity contribution is 0.460. The predicted octanol–water partition coefficient (Wildman–Crippen LogP) is 2.83. The number of furan rings is 1. The molecular weight excluding hydrogens is 238 g/mol. The zero-order valence-electron chi connectivity index (χ0n) is 11.2. The molecular formula is C15H17N3O. The molecule has 0 unspecified atom stereocenters. The van der Waals surface area contributed by atoms with Crippen LogP contribution in [0.15, 0.2) is 40.9 Å². The Balaban J connectivity index is 1.73. The molecule has 0 aliphatic carbocycles. The van der Waals surface area contributed by atoms with Gasteiger partial charge in [0.1, 0.15) is 17.2 Å². The fraction of sp³-hybridized carbons (Fsp3) is 0.267. The van der Waals surface area contributed by atoms with E-state index in [2.05, 4.69) is 14.7 Å². The number of nitrogens with one attached hydrogen (secondary N) is 1. The lowest BCUT2D eigenvalue weighted by Crippen LogP contribution is -2.14. The van der Waals surface area contributed by atoms with Crippen LogP contribution in [0.3, 0.4) is 0 Å². The summed E-state index contributed by atoms with van der Waals surface area (Å²) >= 11 is 0. The third kappa shape index (κ3) is 2.39. The maximum absolute atomic E-state index is 5.54. The van der Waals surface area contributed by atoms with Crippen LogP contribution in [0.4, 0.5) is 0 Å². The van der Waals surface area contributed by atoms with Gasteiger partial charge in [0.15, 0.2) is 0 Å². The van der Waals surface area contributed by atoms with E-state index in [1.54, 1.807) is 0 Å². The summed E-state index contributed by atoms with van der Waals surface area (Å²) in [4.78, 5) is 4.54. The van der Waals surface area contributed by atoms with Crippen molar-refractivity contribution in [2.24, 2.45) is 0 Å². The van der Waals surface area contributed by atoms with Crippen LogP contribution in [0.25, 0.3) is 5.65 Å². The minimum absolute atomic E-state index is 0.730. The molecule has 4 heteroatoms. The smallest absolute Gasteiger partial charge is 0.137 e. The Morgan fingerprint density at radius 2 is 2.05 bits per heavy atom. The summed E-state index contributed by atoms with van der Waals surface area (Å²) in [6.07, 6.45) is 2.05. The lowest BCUT2D eigenvalue weighted by atomic mass is 10.3. The highest BCUT2D eigenvalue weighted by molar-refractivity contribution is 5.42. The Morgan fingerprint density at radius 1 is 1.16 bits per heavy atom. The first-order valence-electron chi connectivity index (χ1n) is 6.42. The summed E-state index contributed by atoms with van der Waals surface area (Å²) in [7, 11) is 0. The molecule has 1 N–H and O–H groups in total. The minimum Gasteiger partial charge on any atom is -0.465 e. The fourth-order valence-electron chi connectivity index (χ4n) is 2.26. The van der Waals surface area contributed by atoms with Gasteiger partial charge >= 0.3 is 0 Å². The number of hydrogen-bond acceptors (Lipinski definition) is 3. The van der Waals surface area contributed by atoms with Gasteiger partial charge in [0.25, 0.3) is 0 Å². The molecule has 98 valence electrons. The first-order valence-corrected chi connectivity index (χ1v) is 6.42. The molecule has 0 saturated heterocycles. The highest BCUT2D eigenvalue weighted by Gasteiger charge is 2.07. The van der Waals surface area contributed by atoms with Crippen LogP contribution in [0.1, 0.15) is 22.9 Å². The van der Waals surface area contributed by atoms with E-state index in [4.69, 9.17) is 4.42 Å². The highest BCUT2D eigenvalue weighted by Crippen LogP contribution is 2.12. The average Bonchev–Trinajstić information content (AvgIpc) is 2.94. The Hall–Kier alpha value is -2.07. The van der Waals surface area contributed by atoms with E-state index in [-0.39, 0.29) is 0 Å². The van der Waals surface area contributed by atoms with Crippen molar-refractivity contribution in [3.63, 3.8) is 0 Å². The van der Waals surface area contributed by atoms with Crippen molar-refractivity contribution in [3.8, 4) is 0 Å². The van der Waals surface area contributed by atoms with Crippen LogP contribution in [0.5, 0.6) is 0 Å². The molecule has 0 aliphatic rings. The van der Waals surface area contributed by atoms with Crippen LogP contribution in [0.2, 0.25) is 0 Å². The van der Waals surface area contributed by atoms with E-state index < -0.39 is 0 Å². The van der Waals surface area contributed by atoms with Gasteiger partial charge in [-0.15, -0.1) is 0 Å². The number of aromatic nitrogens is 2. The number of fused-ring (bicyclic) bond motifs is 1. The molecule has 4 nitrogen and oxygen atoms in total. The summed E-state index contributed by atoms with van der Waals surface area (Å²) in [5.41, 5.74) is 3.25. The van der Waals surface area contributed by atoms with E-state index in [1.165, 1.54) is 5.69 Å². The second-order valence-corrected chi connectivity index (χ2v) is 4.69. The average molecular weight is 255 g/mol. The van der Waals surface area contributed by atoms with E-state index >= 15 is 0 Å². The molecule has 0 atom stereocenters. The quantitative estimate of drug-likeness (QED) is 0.779. The third-order valence-electron chi connectivity index (χ3n) is 3.22. The summed E-state index contributed by atoms with van der Waals surface area (Å²) < 4.78 is 7.66. The molecule has 0 fully saturated rings. The van der Waals surface area contributed by atoms with E-state index in [0.29, 0.717) is 0 Å². The molecule has 3 aromatic heterocycles. The van der Waals surface area contributed by atoms with Crippen LogP contribution >= 0.6 is 0 Å². The Labute approximate surface area is 112 Å². The van der Waals surface area contributed by atoms with Crippen molar-refractivity contribution in [2.75, 3.05) is 0 Å². The Kier molecular flexibility index (Phi) is 3.09. The predicted molar refractivity (Wildman–Crippen MR) is 73.9 cm³/mol. The van der Waals surface area contributed by atoms with Crippen molar-refractivity contribution in [2.45, 2.75) is 26.9 Å². The molecule has 0 aromatic carbocycles. The van der Waals surface area contributed by atoms with Gasteiger partial charge < -0.3 is 14.1 Å². The maximum Gasteiger partial charge on any atom is 0.137 e. The molecule has 3 aromatic rings. The first kappa shape index (κ1) is 12.0. The van der Waals surface area contributed by atoms with Gasteiger partial charge in [0.05, 0.1) is 17.9 Å². The van der Waals surface area contributed by atoms with Gasteiger partial charge in [-0.3, -0.25) is 0 Å². The van der Waals surface area contributed by atoms with Gasteiger partial charge in [0.2, 0.25) is 0 Å². The minimum atomic E-state index is 0.730. The SMILES string of the molecule is Cc1ccc(CNCc2c(C)nc3ccccn23)o1. The highest BCUT2D eigenvalue weighted by atomic mass is 16.3. The number of rotatable bonds is 4. The zero-order chi connectivity index (χ0) is 13.2. The number of nitrogens with zero attached hydrogens (tertiary/aromatic N) is 2. The molecule has 0 radical (unpaired) electrons. The number of pyridine rings is 1. The first-order chi connectivity index (χ1) is 9.24. The lowest BCUT2D eigenvalue weighted by Gasteiger charge is -2.04. The van der Waals surface area contributed by atoms with Crippen LogP contribution in [-0.4, -0.2) is 9.38 Å². The van der Waals surface area contributed by atoms with Crippen LogP contribution in [-0.2, 0) is 13.1 Å². The van der Waals surface area contributed by atoms with Crippen molar-refractivity contribution >= 4 is 5.65 Å². The molecule has 0 aliphatic heterocycles. The number of aryl methyl sites for hydroxylation is 2. The van der Waals surface area contributed by atoms with E-state index in [0.717, 1.165) is 36.0 Å². The molecule has 3 rings (SSSR count). The second kappa shape index (κ2) is 4.90. The van der Waals surface area contributed by atoms with Gasteiger partial charge in [-0.25, -0.2) is 4.98 Å². The van der Waals surface area contributed by atoms with Gasteiger partial charge in [0, 0.05) is 12.7 Å². The van der Waals surface area contributed by atoms with Gasteiger partial charge in [-0.05, 0) is 38.1 Å². The van der Waals surface area contributed by atoms with E-state index in [1.807, 2.05) is 50.4 Å². The fourth-order valence-corrected chi connectivity index (χ4v) is 2.26. The summed E-state index contributed by atoms with van der Waals surface area (Å²) in [5, 5.41) is 3.40.